The van der Waals surface area contributed by atoms with Gasteiger partial charge in [0.2, 0.25) is 5.89 Å². The third kappa shape index (κ3) is 3.61. The zero-order valence-corrected chi connectivity index (χ0v) is 12.3. The van der Waals surface area contributed by atoms with Gasteiger partial charge in [-0.05, 0) is 31.4 Å². The van der Waals surface area contributed by atoms with E-state index in [2.05, 4.69) is 15.0 Å². The predicted molar refractivity (Wildman–Crippen MR) is 80.1 cm³/mol. The quantitative estimate of drug-likeness (QED) is 0.848. The number of aromatic nitrogens is 2. The van der Waals surface area contributed by atoms with Crippen LogP contribution in [0.15, 0.2) is 34.9 Å². The second-order valence-electron chi connectivity index (χ2n) is 5.60. The molecular weight excluding hydrogens is 266 g/mol. The predicted octanol–water partition coefficient (Wildman–Crippen LogP) is 2.72. The van der Waals surface area contributed by atoms with Crippen LogP contribution in [0.1, 0.15) is 43.8 Å². The van der Waals surface area contributed by atoms with Crippen molar-refractivity contribution in [1.82, 2.24) is 10.1 Å². The van der Waals surface area contributed by atoms with E-state index in [-0.39, 0.29) is 6.10 Å². The van der Waals surface area contributed by atoms with Crippen LogP contribution in [0, 0.1) is 0 Å². The number of benzene rings is 1. The largest absolute Gasteiger partial charge is 0.391 e. The Labute approximate surface area is 124 Å². The summed E-state index contributed by atoms with van der Waals surface area (Å²) in [4.78, 5) is 6.55. The van der Waals surface area contributed by atoms with Crippen LogP contribution in [0.25, 0.3) is 0 Å². The average molecular weight is 287 g/mol. The second-order valence-corrected chi connectivity index (χ2v) is 5.60. The molecule has 1 N–H and O–H groups in total. The number of nitrogens with zero attached hydrogens (tertiary/aromatic N) is 3. The molecule has 0 amide bonds. The number of hydrogen-bond donors (Lipinski definition) is 1. The van der Waals surface area contributed by atoms with Crippen LogP contribution >= 0.6 is 0 Å². The molecule has 1 aromatic heterocycles. The second kappa shape index (κ2) is 6.26. The van der Waals surface area contributed by atoms with Gasteiger partial charge in [0, 0.05) is 18.2 Å². The van der Waals surface area contributed by atoms with Crippen molar-refractivity contribution < 1.29 is 9.63 Å². The topological polar surface area (TPSA) is 62.4 Å². The average Bonchev–Trinajstić information content (AvgIpc) is 3.27. The molecule has 0 radical (unpaired) electrons. The third-order valence-electron chi connectivity index (χ3n) is 3.78. The normalized spacial score (nSPS) is 15.9. The van der Waals surface area contributed by atoms with Crippen LogP contribution in [0.5, 0.6) is 0 Å². The minimum absolute atomic E-state index is 0.365. The Balaban J connectivity index is 1.74. The van der Waals surface area contributed by atoms with Crippen molar-refractivity contribution in [1.29, 1.82) is 0 Å². The Kier molecular flexibility index (Phi) is 4.20. The Morgan fingerprint density at radius 2 is 2.10 bits per heavy atom. The minimum Gasteiger partial charge on any atom is -0.391 e. The molecule has 2 aromatic rings. The van der Waals surface area contributed by atoms with Gasteiger partial charge >= 0.3 is 0 Å². The van der Waals surface area contributed by atoms with Gasteiger partial charge in [0.15, 0.2) is 5.82 Å². The summed E-state index contributed by atoms with van der Waals surface area (Å²) >= 11 is 0. The molecule has 3 rings (SSSR count). The van der Waals surface area contributed by atoms with E-state index < -0.39 is 0 Å². The maximum Gasteiger partial charge on any atom is 0.246 e. The smallest absolute Gasteiger partial charge is 0.246 e. The van der Waals surface area contributed by atoms with Crippen molar-refractivity contribution in [3.8, 4) is 0 Å². The first kappa shape index (κ1) is 14.1. The highest BCUT2D eigenvalue weighted by molar-refractivity contribution is 5.46. The van der Waals surface area contributed by atoms with Crippen LogP contribution in [0.3, 0.4) is 0 Å². The summed E-state index contributed by atoms with van der Waals surface area (Å²) in [5.74, 6) is 1.94. The summed E-state index contributed by atoms with van der Waals surface area (Å²) in [5, 5.41) is 14.0. The van der Waals surface area contributed by atoms with Gasteiger partial charge in [-0.15, -0.1) is 0 Å². The van der Waals surface area contributed by atoms with Crippen molar-refractivity contribution in [2.24, 2.45) is 0 Å². The summed E-state index contributed by atoms with van der Waals surface area (Å²) in [7, 11) is 0. The molecule has 5 heteroatoms. The maximum absolute atomic E-state index is 9.96. The molecule has 1 fully saturated rings. The highest BCUT2D eigenvalue weighted by Crippen LogP contribution is 2.38. The van der Waals surface area contributed by atoms with Crippen LogP contribution in [-0.4, -0.2) is 27.9 Å². The molecule has 1 aliphatic carbocycles. The zero-order valence-electron chi connectivity index (χ0n) is 12.3. The van der Waals surface area contributed by atoms with E-state index in [1.807, 2.05) is 37.3 Å². The SMILES string of the molecule is CCC(O)CN(Cc1nc(C2CC2)no1)c1ccccc1. The molecule has 1 atom stereocenters. The summed E-state index contributed by atoms with van der Waals surface area (Å²) in [6.07, 6.45) is 2.68. The molecule has 0 aliphatic heterocycles. The summed E-state index contributed by atoms with van der Waals surface area (Å²) in [6.45, 7) is 3.06. The first-order valence-corrected chi connectivity index (χ1v) is 7.56. The van der Waals surface area contributed by atoms with Crippen molar-refractivity contribution in [3.05, 3.63) is 42.0 Å². The standard InChI is InChI=1S/C16H21N3O2/c1-2-14(20)10-19(13-6-4-3-5-7-13)11-15-17-16(18-21-15)12-8-9-12/h3-7,12,14,20H,2,8-11H2,1H3. The lowest BCUT2D eigenvalue weighted by molar-refractivity contribution is 0.174. The minimum atomic E-state index is -0.365. The van der Waals surface area contributed by atoms with E-state index >= 15 is 0 Å². The van der Waals surface area contributed by atoms with E-state index in [0.717, 1.165) is 30.8 Å². The highest BCUT2D eigenvalue weighted by Gasteiger charge is 2.29. The summed E-state index contributed by atoms with van der Waals surface area (Å²) in [6, 6.07) is 10.0. The van der Waals surface area contributed by atoms with Gasteiger partial charge in [0.25, 0.3) is 0 Å². The van der Waals surface area contributed by atoms with Gasteiger partial charge in [-0.1, -0.05) is 30.3 Å². The number of para-hydroxylation sites is 1. The van der Waals surface area contributed by atoms with Gasteiger partial charge < -0.3 is 14.5 Å². The van der Waals surface area contributed by atoms with Crippen LogP contribution in [0.4, 0.5) is 5.69 Å². The van der Waals surface area contributed by atoms with Gasteiger partial charge in [0.1, 0.15) is 0 Å². The molecule has 112 valence electrons. The molecule has 1 aromatic carbocycles. The van der Waals surface area contributed by atoms with Gasteiger partial charge in [-0.25, -0.2) is 0 Å². The number of aliphatic hydroxyl groups is 1. The number of hydrogen-bond acceptors (Lipinski definition) is 5. The lowest BCUT2D eigenvalue weighted by Gasteiger charge is -2.25. The molecule has 21 heavy (non-hydrogen) atoms. The Morgan fingerprint density at radius 3 is 2.76 bits per heavy atom. The number of rotatable bonds is 7. The van der Waals surface area contributed by atoms with Gasteiger partial charge in [-0.3, -0.25) is 0 Å². The summed E-state index contributed by atoms with van der Waals surface area (Å²) < 4.78 is 5.35. The molecule has 1 saturated carbocycles. The highest BCUT2D eigenvalue weighted by atomic mass is 16.5. The van der Waals surface area contributed by atoms with Gasteiger partial charge in [-0.2, -0.15) is 4.98 Å². The molecular formula is C16H21N3O2. The summed E-state index contributed by atoms with van der Waals surface area (Å²) in [5.41, 5.74) is 1.05. The lowest BCUT2D eigenvalue weighted by Crippen LogP contribution is -2.31. The fourth-order valence-electron chi connectivity index (χ4n) is 2.29. The Hall–Kier alpha value is -1.88. The lowest BCUT2D eigenvalue weighted by atomic mass is 10.2. The fourth-order valence-corrected chi connectivity index (χ4v) is 2.29. The molecule has 0 saturated heterocycles. The van der Waals surface area contributed by atoms with Crippen LogP contribution < -0.4 is 4.90 Å². The van der Waals surface area contributed by atoms with E-state index in [1.165, 1.54) is 0 Å². The Morgan fingerprint density at radius 1 is 1.33 bits per heavy atom. The molecule has 0 spiro atoms. The zero-order chi connectivity index (χ0) is 14.7. The number of anilines is 1. The molecule has 1 unspecified atom stereocenters. The molecule has 0 bridgehead atoms. The van der Waals surface area contributed by atoms with E-state index in [1.54, 1.807) is 0 Å². The van der Waals surface area contributed by atoms with E-state index in [4.69, 9.17) is 4.52 Å². The first-order chi connectivity index (χ1) is 10.3. The number of aliphatic hydroxyl groups excluding tert-OH is 1. The molecule has 5 nitrogen and oxygen atoms in total. The molecule has 1 aliphatic rings. The van der Waals surface area contributed by atoms with E-state index in [9.17, 15) is 5.11 Å². The van der Waals surface area contributed by atoms with E-state index in [0.29, 0.717) is 24.9 Å². The third-order valence-corrected chi connectivity index (χ3v) is 3.78. The Bertz CT molecular complexity index is 566. The van der Waals surface area contributed by atoms with Crippen molar-refractivity contribution in [3.63, 3.8) is 0 Å². The van der Waals surface area contributed by atoms with Crippen molar-refractivity contribution in [2.45, 2.75) is 44.8 Å². The van der Waals surface area contributed by atoms with Gasteiger partial charge in [0.05, 0.1) is 12.6 Å². The maximum atomic E-state index is 9.96. The van der Waals surface area contributed by atoms with Crippen molar-refractivity contribution >= 4 is 5.69 Å². The fraction of sp³-hybridized carbons (Fsp3) is 0.500. The first-order valence-electron chi connectivity index (χ1n) is 7.56. The van der Waals surface area contributed by atoms with Crippen LogP contribution in [0.2, 0.25) is 0 Å². The monoisotopic (exact) mass is 287 g/mol. The molecule has 1 heterocycles. The van der Waals surface area contributed by atoms with Crippen LogP contribution in [-0.2, 0) is 6.54 Å². The van der Waals surface area contributed by atoms with Crippen molar-refractivity contribution in [2.75, 3.05) is 11.4 Å².